The van der Waals surface area contributed by atoms with E-state index < -0.39 is 5.97 Å². The lowest BCUT2D eigenvalue weighted by atomic mass is 9.88. The Balaban J connectivity index is 1.93. The lowest BCUT2D eigenvalue weighted by Crippen LogP contribution is -2.22. The molecule has 3 aromatic rings. The van der Waals surface area contributed by atoms with Gasteiger partial charge in [-0.1, -0.05) is 42.5 Å². The summed E-state index contributed by atoms with van der Waals surface area (Å²) in [6.07, 6.45) is 0.201. The van der Waals surface area contributed by atoms with E-state index in [4.69, 9.17) is 0 Å². The van der Waals surface area contributed by atoms with Crippen LogP contribution in [-0.2, 0) is 4.79 Å². The molecule has 1 aromatic heterocycles. The van der Waals surface area contributed by atoms with Gasteiger partial charge in [-0.05, 0) is 23.3 Å². The highest BCUT2D eigenvalue weighted by atomic mass is 32.1. The number of aromatic carboxylic acids is 1. The molecule has 0 radical (unpaired) electrons. The SMILES string of the molecule is O=C1CC(c2ccc(F)cc2)c2sc(C(=O)O)c(-c3ccccc3)c2N1. The molecule has 6 heteroatoms. The number of nitrogens with one attached hydrogen (secondary N) is 1. The molecule has 1 unspecified atom stereocenters. The van der Waals surface area contributed by atoms with E-state index in [2.05, 4.69) is 5.32 Å². The number of carboxylic acids is 1. The Morgan fingerprint density at radius 1 is 1.12 bits per heavy atom. The van der Waals surface area contributed by atoms with Crippen molar-refractivity contribution < 1.29 is 19.1 Å². The molecule has 2 N–H and O–H groups in total. The smallest absolute Gasteiger partial charge is 0.346 e. The molecule has 1 aliphatic heterocycles. The number of hydrogen-bond acceptors (Lipinski definition) is 3. The van der Waals surface area contributed by atoms with Crippen LogP contribution in [0.25, 0.3) is 11.1 Å². The van der Waals surface area contributed by atoms with E-state index in [1.54, 1.807) is 12.1 Å². The van der Waals surface area contributed by atoms with Gasteiger partial charge in [0.25, 0.3) is 0 Å². The average molecular weight is 367 g/mol. The van der Waals surface area contributed by atoms with Crippen molar-refractivity contribution in [2.75, 3.05) is 5.32 Å². The fraction of sp³-hybridized carbons (Fsp3) is 0.100. The normalized spacial score (nSPS) is 16.0. The summed E-state index contributed by atoms with van der Waals surface area (Å²) < 4.78 is 13.3. The van der Waals surface area contributed by atoms with E-state index in [1.165, 1.54) is 23.5 Å². The average Bonchev–Trinajstić information content (AvgIpc) is 3.02. The topological polar surface area (TPSA) is 66.4 Å². The van der Waals surface area contributed by atoms with E-state index in [1.807, 2.05) is 30.3 Å². The first-order valence-corrected chi connectivity index (χ1v) is 8.87. The summed E-state index contributed by atoms with van der Waals surface area (Å²) in [7, 11) is 0. The molecule has 0 spiro atoms. The Kier molecular flexibility index (Phi) is 4.05. The summed E-state index contributed by atoms with van der Waals surface area (Å²) in [5, 5.41) is 12.5. The van der Waals surface area contributed by atoms with Crippen LogP contribution in [0.4, 0.5) is 10.1 Å². The summed E-state index contributed by atoms with van der Waals surface area (Å²) >= 11 is 1.17. The van der Waals surface area contributed by atoms with Crippen molar-refractivity contribution >= 4 is 28.9 Å². The molecule has 1 amide bonds. The van der Waals surface area contributed by atoms with Gasteiger partial charge in [-0.25, -0.2) is 9.18 Å². The Hall–Kier alpha value is -2.99. The van der Waals surface area contributed by atoms with E-state index in [9.17, 15) is 19.1 Å². The number of carbonyl (C=O) groups excluding carboxylic acids is 1. The monoisotopic (exact) mass is 367 g/mol. The molecule has 0 aliphatic carbocycles. The zero-order valence-electron chi connectivity index (χ0n) is 13.5. The van der Waals surface area contributed by atoms with Crippen molar-refractivity contribution in [2.24, 2.45) is 0 Å². The van der Waals surface area contributed by atoms with E-state index in [0.29, 0.717) is 11.3 Å². The van der Waals surface area contributed by atoms with Gasteiger partial charge in [-0.3, -0.25) is 4.79 Å². The van der Waals surface area contributed by atoms with Crippen LogP contribution in [0, 0.1) is 5.82 Å². The number of rotatable bonds is 3. The van der Waals surface area contributed by atoms with Gasteiger partial charge < -0.3 is 10.4 Å². The van der Waals surface area contributed by atoms with Crippen molar-refractivity contribution in [3.8, 4) is 11.1 Å². The first kappa shape index (κ1) is 16.5. The largest absolute Gasteiger partial charge is 0.477 e. The maximum absolute atomic E-state index is 13.3. The third-order valence-corrected chi connectivity index (χ3v) is 5.73. The quantitative estimate of drug-likeness (QED) is 0.703. The Morgan fingerprint density at radius 2 is 1.81 bits per heavy atom. The van der Waals surface area contributed by atoms with Crippen molar-refractivity contribution in [3.05, 3.63) is 75.7 Å². The van der Waals surface area contributed by atoms with Gasteiger partial charge in [0.2, 0.25) is 5.91 Å². The number of benzene rings is 2. The molecule has 0 bridgehead atoms. The number of amides is 1. The summed E-state index contributed by atoms with van der Waals surface area (Å²) in [5.41, 5.74) is 2.60. The molecule has 0 saturated heterocycles. The van der Waals surface area contributed by atoms with Gasteiger partial charge in [0.05, 0.1) is 5.69 Å². The fourth-order valence-corrected chi connectivity index (χ4v) is 4.53. The van der Waals surface area contributed by atoms with Crippen molar-refractivity contribution in [2.45, 2.75) is 12.3 Å². The van der Waals surface area contributed by atoms with E-state index >= 15 is 0 Å². The number of carboxylic acid groups (broad SMARTS) is 1. The minimum absolute atomic E-state index is 0.182. The zero-order valence-corrected chi connectivity index (χ0v) is 14.3. The summed E-state index contributed by atoms with van der Waals surface area (Å²) in [6.45, 7) is 0. The Bertz CT molecular complexity index is 996. The first-order valence-electron chi connectivity index (χ1n) is 8.05. The summed E-state index contributed by atoms with van der Waals surface area (Å²) in [5.74, 6) is -1.86. The van der Waals surface area contributed by atoms with Gasteiger partial charge >= 0.3 is 5.97 Å². The number of anilines is 1. The van der Waals surface area contributed by atoms with E-state index in [-0.39, 0.29) is 28.9 Å². The van der Waals surface area contributed by atoms with E-state index in [0.717, 1.165) is 16.0 Å². The van der Waals surface area contributed by atoms with Gasteiger partial charge in [0.1, 0.15) is 10.7 Å². The van der Waals surface area contributed by atoms with Crippen LogP contribution in [-0.4, -0.2) is 17.0 Å². The molecular formula is C20H14FNO3S. The van der Waals surface area contributed by atoms with Gasteiger partial charge in [-0.2, -0.15) is 0 Å². The van der Waals surface area contributed by atoms with Crippen molar-refractivity contribution in [1.29, 1.82) is 0 Å². The Labute approximate surface area is 152 Å². The lowest BCUT2D eigenvalue weighted by molar-refractivity contribution is -0.116. The van der Waals surface area contributed by atoms with Crippen LogP contribution in [0.2, 0.25) is 0 Å². The zero-order chi connectivity index (χ0) is 18.3. The van der Waals surface area contributed by atoms with Gasteiger partial charge in [0, 0.05) is 22.8 Å². The minimum atomic E-state index is -1.03. The van der Waals surface area contributed by atoms with Crippen LogP contribution in [0.15, 0.2) is 54.6 Å². The second-order valence-electron chi connectivity index (χ2n) is 6.07. The number of hydrogen-bond donors (Lipinski definition) is 2. The minimum Gasteiger partial charge on any atom is -0.477 e. The van der Waals surface area contributed by atoms with Crippen LogP contribution in [0.1, 0.15) is 32.5 Å². The molecule has 1 aliphatic rings. The molecule has 4 nitrogen and oxygen atoms in total. The number of thiophene rings is 1. The van der Waals surface area contributed by atoms with Crippen LogP contribution in [0.3, 0.4) is 0 Å². The molecule has 26 heavy (non-hydrogen) atoms. The highest BCUT2D eigenvalue weighted by Gasteiger charge is 2.34. The third kappa shape index (κ3) is 2.78. The molecule has 0 saturated carbocycles. The van der Waals surface area contributed by atoms with Gasteiger partial charge in [-0.15, -0.1) is 11.3 Å². The van der Waals surface area contributed by atoms with Crippen LogP contribution < -0.4 is 5.32 Å². The fourth-order valence-electron chi connectivity index (χ4n) is 3.28. The van der Waals surface area contributed by atoms with Crippen molar-refractivity contribution in [3.63, 3.8) is 0 Å². The number of fused-ring (bicyclic) bond motifs is 1. The summed E-state index contributed by atoms with van der Waals surface area (Å²) in [4.78, 5) is 25.1. The Morgan fingerprint density at radius 3 is 2.46 bits per heavy atom. The maximum atomic E-state index is 13.3. The van der Waals surface area contributed by atoms with Crippen LogP contribution >= 0.6 is 11.3 Å². The summed E-state index contributed by atoms with van der Waals surface area (Å²) in [6, 6.07) is 15.1. The second-order valence-corrected chi connectivity index (χ2v) is 7.13. The molecule has 2 aromatic carbocycles. The highest BCUT2D eigenvalue weighted by Crippen LogP contribution is 2.49. The standard InChI is InChI=1S/C20H14FNO3S/c21-13-8-6-11(7-9-13)14-10-15(23)22-17-16(12-4-2-1-3-5-12)19(20(24)25)26-18(14)17/h1-9,14H,10H2,(H,22,23)(H,24,25). The molecular weight excluding hydrogens is 353 g/mol. The predicted octanol–water partition coefficient (Wildman–Crippen LogP) is 4.73. The number of carbonyl (C=O) groups is 2. The molecule has 4 rings (SSSR count). The van der Waals surface area contributed by atoms with Crippen molar-refractivity contribution in [1.82, 2.24) is 0 Å². The number of halogens is 1. The third-order valence-electron chi connectivity index (χ3n) is 4.43. The first-order chi connectivity index (χ1) is 12.5. The second kappa shape index (κ2) is 6.38. The molecule has 0 fully saturated rings. The van der Waals surface area contributed by atoms with Gasteiger partial charge in [0.15, 0.2) is 0 Å². The molecule has 2 heterocycles. The molecule has 130 valence electrons. The van der Waals surface area contributed by atoms with Crippen LogP contribution in [0.5, 0.6) is 0 Å². The lowest BCUT2D eigenvalue weighted by Gasteiger charge is -2.23. The highest BCUT2D eigenvalue weighted by molar-refractivity contribution is 7.15. The molecule has 1 atom stereocenters. The maximum Gasteiger partial charge on any atom is 0.346 e. The predicted molar refractivity (Wildman–Crippen MR) is 98.2 cm³/mol.